The summed E-state index contributed by atoms with van der Waals surface area (Å²) < 4.78 is 5.34. The van der Waals surface area contributed by atoms with Crippen molar-refractivity contribution in [3.8, 4) is 5.75 Å². The molecule has 1 aromatic heterocycles. The van der Waals surface area contributed by atoms with Crippen molar-refractivity contribution in [2.24, 2.45) is 0 Å². The molecule has 22 heavy (non-hydrogen) atoms. The minimum Gasteiger partial charge on any atom is -0.494 e. The van der Waals surface area contributed by atoms with E-state index in [4.69, 9.17) is 16.3 Å². The number of benzene rings is 2. The van der Waals surface area contributed by atoms with Crippen LogP contribution in [0, 0.1) is 6.92 Å². The molecular weight excluding hydrogens is 302 g/mol. The number of amides is 1. The fraction of sp³-hybridized carbons (Fsp3) is 0.125. The molecule has 0 atom stereocenters. The lowest BCUT2D eigenvalue weighted by Crippen LogP contribution is -2.13. The molecule has 0 unspecified atom stereocenters. The lowest BCUT2D eigenvalue weighted by atomic mass is 10.1. The third-order valence-corrected chi connectivity index (χ3v) is 3.59. The average Bonchev–Trinajstić information content (AvgIpc) is 2.94. The van der Waals surface area contributed by atoms with E-state index >= 15 is 0 Å². The molecule has 2 aromatic carbocycles. The van der Waals surface area contributed by atoms with Gasteiger partial charge in [-0.15, -0.1) is 0 Å². The van der Waals surface area contributed by atoms with Crippen molar-refractivity contribution in [3.05, 3.63) is 52.8 Å². The number of ether oxygens (including phenoxy) is 1. The number of aromatic amines is 1. The van der Waals surface area contributed by atoms with Gasteiger partial charge in [0.2, 0.25) is 0 Å². The Morgan fingerprint density at radius 3 is 2.91 bits per heavy atom. The van der Waals surface area contributed by atoms with Gasteiger partial charge in [-0.1, -0.05) is 11.6 Å². The monoisotopic (exact) mass is 315 g/mol. The molecule has 0 aliphatic carbocycles. The lowest BCUT2D eigenvalue weighted by Gasteiger charge is -2.13. The molecule has 5 nitrogen and oxygen atoms in total. The average molecular weight is 316 g/mol. The minimum absolute atomic E-state index is 0.239. The molecule has 3 aromatic rings. The van der Waals surface area contributed by atoms with Gasteiger partial charge in [0.05, 0.1) is 30.2 Å². The Morgan fingerprint density at radius 1 is 1.32 bits per heavy atom. The fourth-order valence-corrected chi connectivity index (χ4v) is 2.64. The van der Waals surface area contributed by atoms with E-state index in [1.54, 1.807) is 43.8 Å². The summed E-state index contributed by atoms with van der Waals surface area (Å²) in [5, 5.41) is 3.37. The van der Waals surface area contributed by atoms with Crippen LogP contribution in [0.4, 0.5) is 5.69 Å². The molecule has 0 aliphatic rings. The van der Waals surface area contributed by atoms with Gasteiger partial charge in [0.15, 0.2) is 0 Å². The molecule has 2 N–H and O–H groups in total. The number of carbonyl (C=O) groups is 1. The van der Waals surface area contributed by atoms with Crippen LogP contribution in [0.15, 0.2) is 36.7 Å². The van der Waals surface area contributed by atoms with Gasteiger partial charge < -0.3 is 15.0 Å². The number of fused-ring (bicyclic) bond motifs is 1. The first-order chi connectivity index (χ1) is 10.6. The number of imidazole rings is 1. The number of nitrogens with one attached hydrogen (secondary N) is 2. The van der Waals surface area contributed by atoms with Crippen LogP contribution >= 0.6 is 11.6 Å². The van der Waals surface area contributed by atoms with Gasteiger partial charge in [0.25, 0.3) is 5.91 Å². The molecule has 1 heterocycles. The van der Waals surface area contributed by atoms with Crippen molar-refractivity contribution in [2.75, 3.05) is 12.4 Å². The zero-order valence-corrected chi connectivity index (χ0v) is 12.9. The summed E-state index contributed by atoms with van der Waals surface area (Å²) in [6.07, 6.45) is 1.59. The van der Waals surface area contributed by atoms with Crippen molar-refractivity contribution in [3.63, 3.8) is 0 Å². The summed E-state index contributed by atoms with van der Waals surface area (Å²) >= 11 is 6.05. The van der Waals surface area contributed by atoms with E-state index in [1.807, 2.05) is 6.92 Å². The molecule has 6 heteroatoms. The number of halogens is 1. The van der Waals surface area contributed by atoms with Crippen LogP contribution < -0.4 is 10.1 Å². The standard InChI is InChI=1S/C16H14ClN3O2/c1-9-5-11(17)7-14(15(9)22-2)20-16(21)10-3-4-12-13(6-10)19-8-18-12/h3-8H,1-2H3,(H,18,19)(H,20,21). The zero-order valence-electron chi connectivity index (χ0n) is 12.1. The number of hydrogen-bond donors (Lipinski definition) is 2. The van der Waals surface area contributed by atoms with Gasteiger partial charge in [-0.05, 0) is 42.8 Å². The first-order valence-electron chi connectivity index (χ1n) is 6.67. The van der Waals surface area contributed by atoms with Crippen LogP contribution in [-0.4, -0.2) is 23.0 Å². The molecule has 0 radical (unpaired) electrons. The Balaban J connectivity index is 1.93. The zero-order chi connectivity index (χ0) is 15.7. The molecule has 0 saturated heterocycles. The van der Waals surface area contributed by atoms with E-state index in [0.717, 1.165) is 16.6 Å². The number of rotatable bonds is 3. The SMILES string of the molecule is COc1c(C)cc(Cl)cc1NC(=O)c1ccc2nc[nH]c2c1. The highest BCUT2D eigenvalue weighted by molar-refractivity contribution is 6.31. The number of H-pyrrole nitrogens is 1. The third kappa shape index (κ3) is 2.63. The summed E-state index contributed by atoms with van der Waals surface area (Å²) in [6.45, 7) is 1.87. The van der Waals surface area contributed by atoms with E-state index in [-0.39, 0.29) is 5.91 Å². The molecular formula is C16H14ClN3O2. The molecule has 3 rings (SSSR count). The topological polar surface area (TPSA) is 67.0 Å². The normalized spacial score (nSPS) is 10.7. The molecule has 1 amide bonds. The quantitative estimate of drug-likeness (QED) is 0.773. The van der Waals surface area contributed by atoms with Crippen LogP contribution in [0.2, 0.25) is 5.02 Å². The van der Waals surface area contributed by atoms with Crippen molar-refractivity contribution >= 4 is 34.2 Å². The highest BCUT2D eigenvalue weighted by Gasteiger charge is 2.13. The van der Waals surface area contributed by atoms with Crippen LogP contribution in [0.1, 0.15) is 15.9 Å². The Kier molecular flexibility index (Phi) is 3.73. The Morgan fingerprint density at radius 2 is 2.14 bits per heavy atom. The summed E-state index contributed by atoms with van der Waals surface area (Å²) in [7, 11) is 1.56. The van der Waals surface area contributed by atoms with Gasteiger partial charge in [-0.25, -0.2) is 4.98 Å². The Hall–Kier alpha value is -2.53. The summed E-state index contributed by atoms with van der Waals surface area (Å²) in [5.74, 6) is 0.358. The number of anilines is 1. The second-order valence-corrected chi connectivity index (χ2v) is 5.33. The van der Waals surface area contributed by atoms with Crippen LogP contribution in [-0.2, 0) is 0 Å². The van der Waals surface area contributed by atoms with Crippen LogP contribution in [0.3, 0.4) is 0 Å². The second-order valence-electron chi connectivity index (χ2n) is 4.89. The Bertz CT molecular complexity index is 858. The predicted molar refractivity (Wildman–Crippen MR) is 86.8 cm³/mol. The van der Waals surface area contributed by atoms with Gasteiger partial charge in [-0.2, -0.15) is 0 Å². The smallest absolute Gasteiger partial charge is 0.255 e. The predicted octanol–water partition coefficient (Wildman–Crippen LogP) is 3.79. The maximum absolute atomic E-state index is 12.4. The van der Waals surface area contributed by atoms with Crippen LogP contribution in [0.25, 0.3) is 11.0 Å². The number of aryl methyl sites for hydroxylation is 1. The molecule has 0 fully saturated rings. The highest BCUT2D eigenvalue weighted by atomic mass is 35.5. The van der Waals surface area contributed by atoms with Gasteiger partial charge in [-0.3, -0.25) is 4.79 Å². The van der Waals surface area contributed by atoms with E-state index < -0.39 is 0 Å². The molecule has 112 valence electrons. The molecule has 0 spiro atoms. The maximum Gasteiger partial charge on any atom is 0.255 e. The number of nitrogens with zero attached hydrogens (tertiary/aromatic N) is 1. The second kappa shape index (κ2) is 5.69. The van der Waals surface area contributed by atoms with Gasteiger partial charge in [0, 0.05) is 10.6 Å². The lowest BCUT2D eigenvalue weighted by molar-refractivity contribution is 0.102. The number of aromatic nitrogens is 2. The number of carbonyl (C=O) groups excluding carboxylic acids is 1. The van der Waals surface area contributed by atoms with E-state index in [1.165, 1.54) is 0 Å². The highest BCUT2D eigenvalue weighted by Crippen LogP contribution is 2.32. The molecule has 0 saturated carbocycles. The van der Waals surface area contributed by atoms with Crippen molar-refractivity contribution < 1.29 is 9.53 Å². The fourth-order valence-electron chi connectivity index (χ4n) is 2.37. The van der Waals surface area contributed by atoms with E-state index in [0.29, 0.717) is 22.0 Å². The number of methoxy groups -OCH3 is 1. The van der Waals surface area contributed by atoms with E-state index in [2.05, 4.69) is 15.3 Å². The van der Waals surface area contributed by atoms with Crippen molar-refractivity contribution in [1.82, 2.24) is 9.97 Å². The van der Waals surface area contributed by atoms with Gasteiger partial charge in [0.1, 0.15) is 5.75 Å². The van der Waals surface area contributed by atoms with E-state index in [9.17, 15) is 4.79 Å². The largest absolute Gasteiger partial charge is 0.494 e. The molecule has 0 aliphatic heterocycles. The molecule has 0 bridgehead atoms. The summed E-state index contributed by atoms with van der Waals surface area (Å²) in [6, 6.07) is 8.72. The summed E-state index contributed by atoms with van der Waals surface area (Å²) in [4.78, 5) is 19.5. The van der Waals surface area contributed by atoms with Gasteiger partial charge >= 0.3 is 0 Å². The third-order valence-electron chi connectivity index (χ3n) is 3.37. The van der Waals surface area contributed by atoms with Crippen molar-refractivity contribution in [1.29, 1.82) is 0 Å². The Labute approximate surface area is 132 Å². The summed E-state index contributed by atoms with van der Waals surface area (Å²) in [5.41, 5.74) is 3.54. The van der Waals surface area contributed by atoms with Crippen molar-refractivity contribution in [2.45, 2.75) is 6.92 Å². The number of hydrogen-bond acceptors (Lipinski definition) is 3. The first kappa shape index (κ1) is 14.4. The first-order valence-corrected chi connectivity index (χ1v) is 7.05. The maximum atomic E-state index is 12.4. The van der Waals surface area contributed by atoms with Crippen LogP contribution in [0.5, 0.6) is 5.75 Å². The minimum atomic E-state index is -0.239.